The molecule has 0 unspecified atom stereocenters. The molecule has 3 rings (SSSR count). The Kier molecular flexibility index (Phi) is 3.83. The highest BCUT2D eigenvalue weighted by molar-refractivity contribution is 6.33. The smallest absolute Gasteiger partial charge is 0.254 e. The molecule has 3 aromatic rings. The topological polar surface area (TPSA) is 70.7 Å². The van der Waals surface area contributed by atoms with Crippen LogP contribution in [0.15, 0.2) is 42.7 Å². The van der Waals surface area contributed by atoms with Gasteiger partial charge in [-0.05, 0) is 18.2 Å². The van der Waals surface area contributed by atoms with E-state index in [2.05, 4.69) is 20.3 Å². The average Bonchev–Trinajstić information content (AvgIpc) is 2.90. The summed E-state index contributed by atoms with van der Waals surface area (Å²) in [4.78, 5) is 23.5. The summed E-state index contributed by atoms with van der Waals surface area (Å²) in [6.07, 6.45) is 3.63. The fourth-order valence-electron chi connectivity index (χ4n) is 2.06. The second-order valence-electron chi connectivity index (χ2n) is 4.56. The third-order valence-corrected chi connectivity index (χ3v) is 3.43. The van der Waals surface area contributed by atoms with E-state index in [0.717, 1.165) is 16.9 Å². The molecule has 0 aliphatic carbocycles. The lowest BCUT2D eigenvalue weighted by Crippen LogP contribution is -2.26. The van der Waals surface area contributed by atoms with Crippen LogP contribution in [0.3, 0.4) is 0 Å². The van der Waals surface area contributed by atoms with Crippen LogP contribution in [0.5, 0.6) is 0 Å². The lowest BCUT2D eigenvalue weighted by Gasteiger charge is -2.04. The van der Waals surface area contributed by atoms with Crippen molar-refractivity contribution in [2.24, 2.45) is 0 Å². The Hall–Kier alpha value is -2.40. The molecule has 0 spiro atoms. The summed E-state index contributed by atoms with van der Waals surface area (Å²) in [7, 11) is 0. The van der Waals surface area contributed by atoms with Gasteiger partial charge in [-0.15, -0.1) is 0 Å². The van der Waals surface area contributed by atoms with Gasteiger partial charge in [-0.3, -0.25) is 9.78 Å². The number of fused-ring (bicyclic) bond motifs is 1. The first kappa shape index (κ1) is 13.6. The maximum atomic E-state index is 12.0. The van der Waals surface area contributed by atoms with Crippen molar-refractivity contribution in [1.29, 1.82) is 0 Å². The molecule has 0 aliphatic rings. The number of carbonyl (C=O) groups excluding carboxylic acids is 1. The van der Waals surface area contributed by atoms with Gasteiger partial charge in [0.15, 0.2) is 0 Å². The fraction of sp³-hybridized carbons (Fsp3) is 0.133. The number of rotatable bonds is 4. The molecule has 0 atom stereocenters. The molecule has 2 N–H and O–H groups in total. The zero-order chi connectivity index (χ0) is 14.7. The number of aromatic nitrogens is 3. The van der Waals surface area contributed by atoms with Crippen molar-refractivity contribution in [3.8, 4) is 0 Å². The highest BCUT2D eigenvalue weighted by atomic mass is 35.5. The Balaban J connectivity index is 1.61. The van der Waals surface area contributed by atoms with Crippen LogP contribution in [0.1, 0.15) is 16.2 Å². The van der Waals surface area contributed by atoms with Gasteiger partial charge in [0.05, 0.1) is 21.6 Å². The van der Waals surface area contributed by atoms with Gasteiger partial charge in [0.25, 0.3) is 5.91 Å². The minimum atomic E-state index is -0.232. The number of H-pyrrole nitrogens is 1. The van der Waals surface area contributed by atoms with Crippen molar-refractivity contribution in [2.45, 2.75) is 6.42 Å². The third-order valence-electron chi connectivity index (χ3n) is 3.10. The van der Waals surface area contributed by atoms with Crippen molar-refractivity contribution in [3.05, 3.63) is 59.1 Å². The minimum Gasteiger partial charge on any atom is -0.351 e. The van der Waals surface area contributed by atoms with E-state index in [4.69, 9.17) is 11.6 Å². The van der Waals surface area contributed by atoms with Gasteiger partial charge in [0.2, 0.25) is 0 Å². The molecule has 2 aromatic heterocycles. The first-order valence-corrected chi connectivity index (χ1v) is 6.93. The Morgan fingerprint density at radius 1 is 1.29 bits per heavy atom. The zero-order valence-corrected chi connectivity index (χ0v) is 11.9. The molecular formula is C15H13ClN4O. The average molecular weight is 301 g/mol. The van der Waals surface area contributed by atoms with Crippen molar-refractivity contribution in [1.82, 2.24) is 20.3 Å². The summed E-state index contributed by atoms with van der Waals surface area (Å²) in [5.41, 5.74) is 2.30. The second-order valence-corrected chi connectivity index (χ2v) is 4.97. The molecule has 1 amide bonds. The predicted molar refractivity (Wildman–Crippen MR) is 81.4 cm³/mol. The largest absolute Gasteiger partial charge is 0.351 e. The van der Waals surface area contributed by atoms with Crippen LogP contribution in [-0.2, 0) is 6.42 Å². The van der Waals surface area contributed by atoms with Gasteiger partial charge in [0.1, 0.15) is 5.82 Å². The summed E-state index contributed by atoms with van der Waals surface area (Å²) in [5, 5.41) is 3.20. The van der Waals surface area contributed by atoms with E-state index < -0.39 is 0 Å². The van der Waals surface area contributed by atoms with Gasteiger partial charge in [0, 0.05) is 25.4 Å². The number of hydrogen-bond donors (Lipinski definition) is 2. The number of carbonyl (C=O) groups is 1. The Morgan fingerprint density at radius 3 is 2.95 bits per heavy atom. The van der Waals surface area contributed by atoms with E-state index >= 15 is 0 Å². The number of pyridine rings is 1. The minimum absolute atomic E-state index is 0.232. The van der Waals surface area contributed by atoms with E-state index in [1.807, 2.05) is 24.3 Å². The molecule has 0 fully saturated rings. The van der Waals surface area contributed by atoms with E-state index in [-0.39, 0.29) is 5.91 Å². The highest BCUT2D eigenvalue weighted by Gasteiger charge is 2.10. The number of halogens is 1. The Labute approximate surface area is 126 Å². The molecule has 106 valence electrons. The van der Waals surface area contributed by atoms with Crippen molar-refractivity contribution in [3.63, 3.8) is 0 Å². The summed E-state index contributed by atoms with van der Waals surface area (Å²) in [6, 6.07) is 9.41. The Bertz CT molecular complexity index is 751. The number of nitrogens with zero attached hydrogens (tertiary/aromatic N) is 2. The first-order chi connectivity index (χ1) is 10.2. The number of hydrogen-bond acceptors (Lipinski definition) is 3. The number of benzene rings is 1. The van der Waals surface area contributed by atoms with Crippen molar-refractivity contribution < 1.29 is 4.79 Å². The van der Waals surface area contributed by atoms with E-state index in [9.17, 15) is 4.79 Å². The molecule has 21 heavy (non-hydrogen) atoms. The molecule has 0 saturated carbocycles. The molecule has 0 radical (unpaired) electrons. The van der Waals surface area contributed by atoms with Crippen LogP contribution in [0.2, 0.25) is 5.02 Å². The molecule has 1 aromatic carbocycles. The Morgan fingerprint density at radius 2 is 2.14 bits per heavy atom. The zero-order valence-electron chi connectivity index (χ0n) is 11.1. The van der Waals surface area contributed by atoms with Gasteiger partial charge >= 0.3 is 0 Å². The lowest BCUT2D eigenvalue weighted by atomic mass is 10.2. The van der Waals surface area contributed by atoms with Gasteiger partial charge in [-0.1, -0.05) is 23.7 Å². The van der Waals surface area contributed by atoms with E-state index in [1.54, 1.807) is 12.3 Å². The standard InChI is InChI=1S/C15H13ClN4O/c16-11-5-7-17-9-10(11)15(21)18-8-6-14-19-12-3-1-2-4-13(12)20-14/h1-5,7,9H,6,8H2,(H,18,21)(H,19,20). The summed E-state index contributed by atoms with van der Waals surface area (Å²) in [6.45, 7) is 0.476. The molecule has 0 aliphatic heterocycles. The van der Waals surface area contributed by atoms with E-state index in [0.29, 0.717) is 23.6 Å². The molecule has 0 saturated heterocycles. The summed E-state index contributed by atoms with van der Waals surface area (Å²) >= 11 is 5.95. The number of nitrogens with one attached hydrogen (secondary N) is 2. The molecule has 5 nitrogen and oxygen atoms in total. The van der Waals surface area contributed by atoms with Crippen LogP contribution in [0.25, 0.3) is 11.0 Å². The van der Waals surface area contributed by atoms with Crippen LogP contribution in [0, 0.1) is 0 Å². The fourth-order valence-corrected chi connectivity index (χ4v) is 2.25. The van der Waals surface area contributed by atoms with Crippen LogP contribution in [0.4, 0.5) is 0 Å². The van der Waals surface area contributed by atoms with Gasteiger partial charge in [-0.2, -0.15) is 0 Å². The SMILES string of the molecule is O=C(NCCc1nc2ccccc2[nH]1)c1cnccc1Cl. The number of imidazole rings is 1. The summed E-state index contributed by atoms with van der Waals surface area (Å²) in [5.74, 6) is 0.609. The third kappa shape index (κ3) is 3.03. The monoisotopic (exact) mass is 300 g/mol. The normalized spacial score (nSPS) is 10.7. The lowest BCUT2D eigenvalue weighted by molar-refractivity contribution is 0.0954. The first-order valence-electron chi connectivity index (χ1n) is 6.55. The summed E-state index contributed by atoms with van der Waals surface area (Å²) < 4.78 is 0. The van der Waals surface area contributed by atoms with Crippen molar-refractivity contribution >= 4 is 28.5 Å². The quantitative estimate of drug-likeness (QED) is 0.778. The van der Waals surface area contributed by atoms with Gasteiger partial charge in [-0.25, -0.2) is 4.98 Å². The van der Waals surface area contributed by atoms with Crippen LogP contribution >= 0.6 is 11.6 Å². The number of para-hydroxylation sites is 2. The molecule has 0 bridgehead atoms. The second kappa shape index (κ2) is 5.93. The van der Waals surface area contributed by atoms with Crippen molar-refractivity contribution in [2.75, 3.05) is 6.54 Å². The predicted octanol–water partition coefficient (Wildman–Crippen LogP) is 2.58. The van der Waals surface area contributed by atoms with Crippen LogP contribution in [-0.4, -0.2) is 27.4 Å². The van der Waals surface area contributed by atoms with Gasteiger partial charge < -0.3 is 10.3 Å². The van der Waals surface area contributed by atoms with Crippen LogP contribution < -0.4 is 5.32 Å². The number of aromatic amines is 1. The number of amides is 1. The maximum absolute atomic E-state index is 12.0. The highest BCUT2D eigenvalue weighted by Crippen LogP contribution is 2.13. The van der Waals surface area contributed by atoms with E-state index in [1.165, 1.54) is 6.20 Å². The molecular weight excluding hydrogens is 288 g/mol. The maximum Gasteiger partial charge on any atom is 0.254 e. The molecule has 2 heterocycles. The molecule has 6 heteroatoms.